The maximum Gasteiger partial charge on any atom is 0.191 e. The van der Waals surface area contributed by atoms with Crippen LogP contribution in [-0.4, -0.2) is 32.3 Å². The summed E-state index contributed by atoms with van der Waals surface area (Å²) < 4.78 is 18.9. The number of guanidine groups is 1. The fourth-order valence-electron chi connectivity index (χ4n) is 2.23. The summed E-state index contributed by atoms with van der Waals surface area (Å²) in [7, 11) is 0. The van der Waals surface area contributed by atoms with Crippen LogP contribution >= 0.6 is 0 Å². The number of nitrogens with zero attached hydrogens (tertiary/aromatic N) is 1. The topological polar surface area (TPSA) is 45.7 Å². The van der Waals surface area contributed by atoms with Crippen LogP contribution in [0.25, 0.3) is 0 Å². The first-order valence-electron chi connectivity index (χ1n) is 8.54. The van der Waals surface area contributed by atoms with E-state index in [0.29, 0.717) is 12.1 Å². The molecule has 23 heavy (non-hydrogen) atoms. The van der Waals surface area contributed by atoms with Crippen molar-refractivity contribution in [3.8, 4) is 0 Å². The first-order chi connectivity index (χ1) is 11.2. The average Bonchev–Trinajstić information content (AvgIpc) is 3.35. The zero-order valence-electron chi connectivity index (χ0n) is 14.2. The van der Waals surface area contributed by atoms with E-state index < -0.39 is 0 Å². The maximum atomic E-state index is 13.3. The van der Waals surface area contributed by atoms with Crippen molar-refractivity contribution in [1.82, 2.24) is 10.6 Å². The first-order valence-corrected chi connectivity index (χ1v) is 8.54. The van der Waals surface area contributed by atoms with Gasteiger partial charge >= 0.3 is 0 Å². The van der Waals surface area contributed by atoms with E-state index in [1.54, 1.807) is 13.0 Å². The van der Waals surface area contributed by atoms with E-state index in [0.717, 1.165) is 50.2 Å². The predicted octanol–water partition coefficient (Wildman–Crippen LogP) is 3.01. The molecular weight excluding hydrogens is 293 g/mol. The largest absolute Gasteiger partial charge is 0.381 e. The second-order valence-corrected chi connectivity index (χ2v) is 6.08. The number of hydrogen-bond acceptors (Lipinski definition) is 2. The molecule has 0 amide bonds. The minimum absolute atomic E-state index is 0.172. The molecule has 1 aromatic rings. The first kappa shape index (κ1) is 17.7. The minimum Gasteiger partial charge on any atom is -0.381 e. The summed E-state index contributed by atoms with van der Waals surface area (Å²) in [5.41, 5.74) is 1.66. The standard InChI is InChI=1S/C18H28FN3O/c1-3-20-18(21-9-4-10-23-13-15-5-6-15)22-12-16-7-8-17(19)14(2)11-16/h7-8,11,15H,3-6,9-10,12-13H2,1-2H3,(H2,20,21,22). The Kier molecular flexibility index (Phi) is 7.33. The Bertz CT molecular complexity index is 515. The van der Waals surface area contributed by atoms with Crippen LogP contribution in [0.15, 0.2) is 23.2 Å². The molecule has 1 aliphatic rings. The number of halogens is 1. The Morgan fingerprint density at radius 1 is 1.35 bits per heavy atom. The van der Waals surface area contributed by atoms with Crippen molar-refractivity contribution in [3.05, 3.63) is 35.1 Å². The molecular formula is C18H28FN3O. The fourth-order valence-corrected chi connectivity index (χ4v) is 2.23. The lowest BCUT2D eigenvalue weighted by Crippen LogP contribution is -2.38. The molecule has 1 saturated carbocycles. The number of rotatable bonds is 9. The zero-order chi connectivity index (χ0) is 16.5. The van der Waals surface area contributed by atoms with Crippen LogP contribution < -0.4 is 10.6 Å². The average molecular weight is 321 g/mol. The van der Waals surface area contributed by atoms with Gasteiger partial charge in [-0.3, -0.25) is 0 Å². The van der Waals surface area contributed by atoms with E-state index in [4.69, 9.17) is 4.74 Å². The van der Waals surface area contributed by atoms with Crippen LogP contribution in [0.5, 0.6) is 0 Å². The number of aryl methyl sites for hydroxylation is 1. The van der Waals surface area contributed by atoms with Gasteiger partial charge in [0.1, 0.15) is 5.82 Å². The van der Waals surface area contributed by atoms with Gasteiger partial charge in [0.15, 0.2) is 5.96 Å². The van der Waals surface area contributed by atoms with E-state index in [1.807, 2.05) is 13.0 Å². The molecule has 0 aromatic heterocycles. The second-order valence-electron chi connectivity index (χ2n) is 6.08. The summed E-state index contributed by atoms with van der Waals surface area (Å²) in [5.74, 6) is 1.44. The summed E-state index contributed by atoms with van der Waals surface area (Å²) >= 11 is 0. The van der Waals surface area contributed by atoms with Crippen molar-refractivity contribution >= 4 is 5.96 Å². The van der Waals surface area contributed by atoms with Gasteiger partial charge in [-0.05, 0) is 56.2 Å². The minimum atomic E-state index is -0.172. The Morgan fingerprint density at radius 3 is 2.87 bits per heavy atom. The zero-order valence-corrected chi connectivity index (χ0v) is 14.2. The molecule has 2 rings (SSSR count). The fraction of sp³-hybridized carbons (Fsp3) is 0.611. The number of hydrogen-bond donors (Lipinski definition) is 2. The summed E-state index contributed by atoms with van der Waals surface area (Å²) in [6.07, 6.45) is 3.63. The van der Waals surface area contributed by atoms with Crippen LogP contribution in [0.1, 0.15) is 37.3 Å². The van der Waals surface area contributed by atoms with Gasteiger partial charge in [-0.15, -0.1) is 0 Å². The lowest BCUT2D eigenvalue weighted by molar-refractivity contribution is 0.123. The Hall–Kier alpha value is -1.62. The third kappa shape index (κ3) is 6.99. The normalized spacial score (nSPS) is 14.8. The van der Waals surface area contributed by atoms with Gasteiger partial charge in [0, 0.05) is 26.3 Å². The van der Waals surface area contributed by atoms with E-state index >= 15 is 0 Å². The quantitative estimate of drug-likeness (QED) is 0.417. The van der Waals surface area contributed by atoms with Crippen molar-refractivity contribution in [2.75, 3.05) is 26.3 Å². The molecule has 128 valence electrons. The lowest BCUT2D eigenvalue weighted by atomic mass is 10.1. The van der Waals surface area contributed by atoms with Gasteiger partial charge in [0.05, 0.1) is 6.54 Å². The van der Waals surface area contributed by atoms with E-state index in [2.05, 4.69) is 15.6 Å². The second kappa shape index (κ2) is 9.50. The van der Waals surface area contributed by atoms with Crippen LogP contribution in [0.4, 0.5) is 4.39 Å². The van der Waals surface area contributed by atoms with Crippen molar-refractivity contribution in [2.45, 2.75) is 39.7 Å². The molecule has 4 nitrogen and oxygen atoms in total. The monoisotopic (exact) mass is 321 g/mol. The maximum absolute atomic E-state index is 13.3. The summed E-state index contributed by atoms with van der Waals surface area (Å²) in [5, 5.41) is 6.53. The highest BCUT2D eigenvalue weighted by molar-refractivity contribution is 5.79. The van der Waals surface area contributed by atoms with E-state index in [1.165, 1.54) is 18.9 Å². The van der Waals surface area contributed by atoms with Crippen LogP contribution in [-0.2, 0) is 11.3 Å². The molecule has 1 aliphatic carbocycles. The van der Waals surface area contributed by atoms with Crippen LogP contribution in [0.3, 0.4) is 0 Å². The molecule has 0 spiro atoms. The van der Waals surface area contributed by atoms with Crippen LogP contribution in [0.2, 0.25) is 0 Å². The molecule has 0 saturated heterocycles. The van der Waals surface area contributed by atoms with Crippen molar-refractivity contribution < 1.29 is 9.13 Å². The van der Waals surface area contributed by atoms with E-state index in [9.17, 15) is 4.39 Å². The molecule has 2 N–H and O–H groups in total. The molecule has 5 heteroatoms. The molecule has 1 aromatic carbocycles. The van der Waals surface area contributed by atoms with Gasteiger partial charge in [0.2, 0.25) is 0 Å². The highest BCUT2D eigenvalue weighted by atomic mass is 19.1. The predicted molar refractivity (Wildman–Crippen MR) is 92.1 cm³/mol. The van der Waals surface area contributed by atoms with Gasteiger partial charge in [-0.2, -0.15) is 0 Å². The summed E-state index contributed by atoms with van der Waals surface area (Å²) in [4.78, 5) is 4.54. The summed E-state index contributed by atoms with van der Waals surface area (Å²) in [6.45, 7) is 7.70. The molecule has 1 fully saturated rings. The van der Waals surface area contributed by atoms with Crippen molar-refractivity contribution in [1.29, 1.82) is 0 Å². The molecule has 0 heterocycles. The third-order valence-electron chi connectivity index (χ3n) is 3.79. The van der Waals surface area contributed by atoms with E-state index in [-0.39, 0.29) is 5.82 Å². The number of benzene rings is 1. The third-order valence-corrected chi connectivity index (χ3v) is 3.79. The summed E-state index contributed by atoms with van der Waals surface area (Å²) in [6, 6.07) is 5.12. The highest BCUT2D eigenvalue weighted by Gasteiger charge is 2.20. The molecule has 0 radical (unpaired) electrons. The number of nitrogens with one attached hydrogen (secondary N) is 2. The lowest BCUT2D eigenvalue weighted by Gasteiger charge is -2.11. The molecule has 0 unspecified atom stereocenters. The van der Waals surface area contributed by atoms with Gasteiger partial charge in [0.25, 0.3) is 0 Å². The molecule has 0 atom stereocenters. The molecule has 0 aliphatic heterocycles. The van der Waals surface area contributed by atoms with Gasteiger partial charge < -0.3 is 15.4 Å². The number of ether oxygens (including phenoxy) is 1. The Balaban J connectivity index is 1.71. The smallest absolute Gasteiger partial charge is 0.191 e. The SMILES string of the molecule is CCNC(=NCc1ccc(F)c(C)c1)NCCCOCC1CC1. The number of aliphatic imine (C=N–C) groups is 1. The van der Waals surface area contributed by atoms with Gasteiger partial charge in [-0.25, -0.2) is 9.38 Å². The molecule has 0 bridgehead atoms. The highest BCUT2D eigenvalue weighted by Crippen LogP contribution is 2.28. The van der Waals surface area contributed by atoms with Crippen molar-refractivity contribution in [2.24, 2.45) is 10.9 Å². The Morgan fingerprint density at radius 2 is 2.17 bits per heavy atom. The Labute approximate surface area is 138 Å². The van der Waals surface area contributed by atoms with Crippen LogP contribution in [0, 0.1) is 18.7 Å². The van der Waals surface area contributed by atoms with Crippen molar-refractivity contribution in [3.63, 3.8) is 0 Å². The van der Waals surface area contributed by atoms with Gasteiger partial charge in [-0.1, -0.05) is 12.1 Å².